The van der Waals surface area contributed by atoms with Gasteiger partial charge >= 0.3 is 0 Å². The molecular weight excluding hydrogens is 441 g/mol. The Balaban J connectivity index is 1.67. The Morgan fingerprint density at radius 3 is 2.50 bits per heavy atom. The van der Waals surface area contributed by atoms with E-state index in [4.69, 9.17) is 23.2 Å². The monoisotopic (exact) mass is 455 g/mol. The number of carbonyl (C=O) groups is 1. The van der Waals surface area contributed by atoms with Crippen LogP contribution in [0.1, 0.15) is 0 Å². The minimum Gasteiger partial charge on any atom is -0.301 e. The van der Waals surface area contributed by atoms with Crippen LogP contribution >= 0.6 is 34.5 Å². The number of benzene rings is 2. The highest BCUT2D eigenvalue weighted by Gasteiger charge is 2.23. The van der Waals surface area contributed by atoms with Crippen molar-refractivity contribution in [3.05, 3.63) is 64.0 Å². The maximum Gasteiger partial charge on any atom is 0.243 e. The molecule has 1 aromatic heterocycles. The van der Waals surface area contributed by atoms with E-state index in [-0.39, 0.29) is 11.4 Å². The Bertz CT molecular complexity index is 1100. The smallest absolute Gasteiger partial charge is 0.243 e. The molecule has 0 unspecified atom stereocenters. The summed E-state index contributed by atoms with van der Waals surface area (Å²) in [7, 11) is -2.47. The second kappa shape index (κ2) is 8.59. The molecule has 0 bridgehead atoms. The second-order valence-electron chi connectivity index (χ2n) is 5.78. The molecule has 10 heteroatoms. The Labute approximate surface area is 176 Å². The fraction of sp³-hybridized carbons (Fsp3) is 0.111. The van der Waals surface area contributed by atoms with Crippen LogP contribution in [0.25, 0.3) is 11.3 Å². The van der Waals surface area contributed by atoms with Gasteiger partial charge in [0.05, 0.1) is 17.1 Å². The molecule has 0 saturated heterocycles. The molecular formula is C18H15Cl2N3O3S2. The van der Waals surface area contributed by atoms with Crippen LogP contribution in [0.15, 0.2) is 58.8 Å². The number of amides is 1. The van der Waals surface area contributed by atoms with E-state index in [1.54, 1.807) is 11.4 Å². The summed E-state index contributed by atoms with van der Waals surface area (Å²) in [5.74, 6) is -0.500. The topological polar surface area (TPSA) is 79.4 Å². The second-order valence-corrected chi connectivity index (χ2v) is 9.53. The van der Waals surface area contributed by atoms with Crippen molar-refractivity contribution in [1.29, 1.82) is 0 Å². The highest BCUT2D eigenvalue weighted by Crippen LogP contribution is 2.30. The molecule has 0 aliphatic carbocycles. The molecule has 6 nitrogen and oxygen atoms in total. The highest BCUT2D eigenvalue weighted by atomic mass is 35.5. The van der Waals surface area contributed by atoms with Crippen LogP contribution in [0, 0.1) is 0 Å². The predicted molar refractivity (Wildman–Crippen MR) is 112 cm³/mol. The molecule has 0 aliphatic heterocycles. The maximum atomic E-state index is 12.5. The first-order chi connectivity index (χ1) is 13.3. The molecule has 2 aromatic carbocycles. The SMILES string of the molecule is CN(CC(=O)Nc1nc(-c2ccccc2Cl)cs1)S(=O)(=O)c1ccc(Cl)cc1. The summed E-state index contributed by atoms with van der Waals surface area (Å²) in [6, 6.07) is 13.0. The van der Waals surface area contributed by atoms with Crippen molar-refractivity contribution in [1.82, 2.24) is 9.29 Å². The van der Waals surface area contributed by atoms with Crippen LogP contribution in [0.4, 0.5) is 5.13 Å². The highest BCUT2D eigenvalue weighted by molar-refractivity contribution is 7.89. The molecule has 1 N–H and O–H groups in total. The Morgan fingerprint density at radius 2 is 1.82 bits per heavy atom. The quantitative estimate of drug-likeness (QED) is 0.597. The molecule has 3 rings (SSSR count). The van der Waals surface area contributed by atoms with Crippen molar-refractivity contribution >= 4 is 55.6 Å². The molecule has 0 saturated carbocycles. The molecule has 3 aromatic rings. The Morgan fingerprint density at radius 1 is 1.14 bits per heavy atom. The fourth-order valence-corrected chi connectivity index (χ4v) is 4.57. The van der Waals surface area contributed by atoms with Gasteiger partial charge in [-0.2, -0.15) is 4.31 Å². The number of nitrogens with zero attached hydrogens (tertiary/aromatic N) is 2. The molecule has 146 valence electrons. The number of hydrogen-bond donors (Lipinski definition) is 1. The summed E-state index contributed by atoms with van der Waals surface area (Å²) in [5.41, 5.74) is 1.39. The van der Waals surface area contributed by atoms with Crippen LogP contribution in [0.5, 0.6) is 0 Å². The number of nitrogens with one attached hydrogen (secondary N) is 1. The number of sulfonamides is 1. The predicted octanol–water partition coefficient (Wildman–Crippen LogP) is 4.38. The zero-order valence-electron chi connectivity index (χ0n) is 14.6. The van der Waals surface area contributed by atoms with Crippen molar-refractivity contribution < 1.29 is 13.2 Å². The van der Waals surface area contributed by atoms with E-state index in [9.17, 15) is 13.2 Å². The lowest BCUT2D eigenvalue weighted by Gasteiger charge is -2.16. The average Bonchev–Trinajstić information content (AvgIpc) is 3.10. The lowest BCUT2D eigenvalue weighted by Crippen LogP contribution is -2.34. The average molecular weight is 456 g/mol. The van der Waals surface area contributed by atoms with Crippen molar-refractivity contribution in [3.8, 4) is 11.3 Å². The van der Waals surface area contributed by atoms with Gasteiger partial charge in [0, 0.05) is 28.0 Å². The van der Waals surface area contributed by atoms with Crippen molar-refractivity contribution in [3.63, 3.8) is 0 Å². The molecule has 0 spiro atoms. The van der Waals surface area contributed by atoms with Gasteiger partial charge in [0.15, 0.2) is 5.13 Å². The minimum atomic E-state index is -3.81. The Kier molecular flexibility index (Phi) is 6.36. The van der Waals surface area contributed by atoms with Gasteiger partial charge in [-0.25, -0.2) is 13.4 Å². The number of likely N-dealkylation sites (N-methyl/N-ethyl adjacent to an activating group) is 1. The van der Waals surface area contributed by atoms with E-state index in [0.717, 1.165) is 9.87 Å². The first-order valence-electron chi connectivity index (χ1n) is 7.99. The maximum absolute atomic E-state index is 12.5. The number of carbonyl (C=O) groups excluding carboxylic acids is 1. The summed E-state index contributed by atoms with van der Waals surface area (Å²) >= 11 is 13.2. The van der Waals surface area contributed by atoms with Crippen LogP contribution in [0.2, 0.25) is 10.0 Å². The number of thiazole rings is 1. The third kappa shape index (κ3) is 4.71. The summed E-state index contributed by atoms with van der Waals surface area (Å²) in [5, 5.41) is 5.72. The van der Waals surface area contributed by atoms with Crippen LogP contribution in [-0.4, -0.2) is 37.2 Å². The van der Waals surface area contributed by atoms with Gasteiger partial charge in [-0.15, -0.1) is 11.3 Å². The largest absolute Gasteiger partial charge is 0.301 e. The molecule has 0 radical (unpaired) electrons. The first-order valence-corrected chi connectivity index (χ1v) is 11.1. The van der Waals surface area contributed by atoms with Crippen LogP contribution in [0.3, 0.4) is 0 Å². The minimum absolute atomic E-state index is 0.0578. The summed E-state index contributed by atoms with van der Waals surface area (Å²) < 4.78 is 26.0. The molecule has 0 aliphatic rings. The lowest BCUT2D eigenvalue weighted by atomic mass is 10.2. The summed E-state index contributed by atoms with van der Waals surface area (Å²) in [6.45, 7) is -0.355. The van der Waals surface area contributed by atoms with Crippen molar-refractivity contribution in [2.45, 2.75) is 4.90 Å². The Hall–Kier alpha value is -1.97. The van der Waals surface area contributed by atoms with Gasteiger partial charge in [0.1, 0.15) is 0 Å². The molecule has 28 heavy (non-hydrogen) atoms. The van der Waals surface area contributed by atoms with Gasteiger partial charge in [0.2, 0.25) is 15.9 Å². The summed E-state index contributed by atoms with van der Waals surface area (Å²) in [4.78, 5) is 16.7. The van der Waals surface area contributed by atoms with E-state index in [2.05, 4.69) is 10.3 Å². The lowest BCUT2D eigenvalue weighted by molar-refractivity contribution is -0.116. The standard InChI is InChI=1S/C18H15Cl2N3O3S2/c1-23(28(25,26)13-8-6-12(19)7-9-13)10-17(24)22-18-21-16(11-27-18)14-4-2-3-5-15(14)20/h2-9,11H,10H2,1H3,(H,21,22,24). The molecule has 1 heterocycles. The van der Waals surface area contributed by atoms with Crippen LogP contribution < -0.4 is 5.32 Å². The zero-order chi connectivity index (χ0) is 20.3. The number of aromatic nitrogens is 1. The third-order valence-corrected chi connectivity index (χ3v) is 6.95. The van der Waals surface area contributed by atoms with E-state index in [1.165, 1.54) is 42.6 Å². The number of rotatable bonds is 6. The zero-order valence-corrected chi connectivity index (χ0v) is 17.7. The van der Waals surface area contributed by atoms with E-state index >= 15 is 0 Å². The van der Waals surface area contributed by atoms with Gasteiger partial charge < -0.3 is 5.32 Å². The number of halogens is 2. The normalized spacial score (nSPS) is 11.6. The van der Waals surface area contributed by atoms with Crippen molar-refractivity contribution in [2.75, 3.05) is 18.9 Å². The van der Waals surface area contributed by atoms with E-state index in [0.29, 0.717) is 20.9 Å². The van der Waals surface area contributed by atoms with Gasteiger partial charge in [-0.1, -0.05) is 41.4 Å². The number of anilines is 1. The molecule has 0 fully saturated rings. The first kappa shape index (κ1) is 20.8. The fourth-order valence-electron chi connectivity index (χ4n) is 2.36. The van der Waals surface area contributed by atoms with Crippen LogP contribution in [-0.2, 0) is 14.8 Å². The van der Waals surface area contributed by atoms with E-state index in [1.807, 2.05) is 18.2 Å². The number of hydrogen-bond acceptors (Lipinski definition) is 5. The van der Waals surface area contributed by atoms with Gasteiger partial charge in [-0.3, -0.25) is 4.79 Å². The third-order valence-electron chi connectivity index (χ3n) is 3.79. The van der Waals surface area contributed by atoms with Gasteiger partial charge in [-0.05, 0) is 30.3 Å². The molecule has 0 atom stereocenters. The van der Waals surface area contributed by atoms with Gasteiger partial charge in [0.25, 0.3) is 0 Å². The van der Waals surface area contributed by atoms with E-state index < -0.39 is 15.9 Å². The summed E-state index contributed by atoms with van der Waals surface area (Å²) in [6.07, 6.45) is 0. The molecule has 1 amide bonds. The van der Waals surface area contributed by atoms with Crippen molar-refractivity contribution in [2.24, 2.45) is 0 Å².